The van der Waals surface area contributed by atoms with Crippen molar-refractivity contribution in [2.45, 2.75) is 37.1 Å². The molecule has 0 radical (unpaired) electrons. The van der Waals surface area contributed by atoms with Gasteiger partial charge < -0.3 is 9.32 Å². The fourth-order valence-corrected chi connectivity index (χ4v) is 5.77. The second-order valence-corrected chi connectivity index (χ2v) is 9.73. The molecule has 2 aliphatic heterocycles. The maximum atomic E-state index is 13.0. The fourth-order valence-electron chi connectivity index (χ4n) is 4.20. The van der Waals surface area contributed by atoms with Crippen molar-refractivity contribution >= 4 is 15.7 Å². The van der Waals surface area contributed by atoms with Crippen LogP contribution in [0.5, 0.6) is 0 Å². The third kappa shape index (κ3) is 3.61. The van der Waals surface area contributed by atoms with Crippen LogP contribution < -0.4 is 4.90 Å². The third-order valence-electron chi connectivity index (χ3n) is 5.81. The van der Waals surface area contributed by atoms with Crippen molar-refractivity contribution in [2.24, 2.45) is 0 Å². The van der Waals surface area contributed by atoms with Crippen LogP contribution in [0.1, 0.15) is 30.7 Å². The van der Waals surface area contributed by atoms with Gasteiger partial charge in [0.25, 0.3) is 0 Å². The fraction of sp³-hybridized carbons (Fsp3) is 0.364. The Kier molecular flexibility index (Phi) is 5.04. The molecule has 5 rings (SSSR count). The summed E-state index contributed by atoms with van der Waals surface area (Å²) in [7, 11) is -3.41. The molecule has 2 aliphatic rings. The lowest BCUT2D eigenvalue weighted by Crippen LogP contribution is -2.35. The average molecular weight is 425 g/mol. The predicted molar refractivity (Wildman–Crippen MR) is 114 cm³/mol. The molecule has 0 saturated carbocycles. The van der Waals surface area contributed by atoms with Gasteiger partial charge in [-0.25, -0.2) is 8.42 Å². The lowest BCUT2D eigenvalue weighted by atomic mass is 10.2. The van der Waals surface area contributed by atoms with Crippen LogP contribution in [0.4, 0.5) is 5.69 Å². The van der Waals surface area contributed by atoms with E-state index in [1.807, 2.05) is 42.5 Å². The second kappa shape index (κ2) is 7.85. The molecule has 0 bridgehead atoms. The van der Waals surface area contributed by atoms with Gasteiger partial charge in [-0.15, -0.1) is 10.2 Å². The maximum absolute atomic E-state index is 13.0. The first-order chi connectivity index (χ1) is 14.6. The van der Waals surface area contributed by atoms with Crippen LogP contribution in [-0.4, -0.2) is 42.6 Å². The Hall–Kier alpha value is -2.71. The minimum Gasteiger partial charge on any atom is -0.419 e. The number of anilines is 1. The summed E-state index contributed by atoms with van der Waals surface area (Å²) in [4.78, 5) is 2.56. The van der Waals surface area contributed by atoms with E-state index in [9.17, 15) is 8.42 Å². The number of benzene rings is 2. The van der Waals surface area contributed by atoms with E-state index in [-0.39, 0.29) is 0 Å². The van der Waals surface area contributed by atoms with Crippen LogP contribution in [0.15, 0.2) is 57.8 Å². The number of piperidine rings is 1. The van der Waals surface area contributed by atoms with E-state index in [0.29, 0.717) is 36.3 Å². The zero-order valence-electron chi connectivity index (χ0n) is 16.7. The Morgan fingerprint density at radius 1 is 0.933 bits per heavy atom. The quantitative estimate of drug-likeness (QED) is 0.624. The molecule has 1 aromatic heterocycles. The highest BCUT2D eigenvalue weighted by atomic mass is 32.2. The van der Waals surface area contributed by atoms with Crippen LogP contribution in [0.3, 0.4) is 0 Å². The Morgan fingerprint density at radius 3 is 2.53 bits per heavy atom. The van der Waals surface area contributed by atoms with Crippen LogP contribution in [0, 0.1) is 0 Å². The molecule has 3 aromatic rings. The molecule has 0 unspecified atom stereocenters. The zero-order chi connectivity index (χ0) is 20.6. The predicted octanol–water partition coefficient (Wildman–Crippen LogP) is 3.47. The highest BCUT2D eigenvalue weighted by Gasteiger charge is 2.28. The molecule has 1 fully saturated rings. The van der Waals surface area contributed by atoms with E-state index in [2.05, 4.69) is 15.1 Å². The van der Waals surface area contributed by atoms with Gasteiger partial charge in [0.2, 0.25) is 21.8 Å². The van der Waals surface area contributed by atoms with Crippen molar-refractivity contribution in [3.05, 3.63) is 60.0 Å². The SMILES string of the molecule is O=S(=O)(c1ccc2c(c1)CCN2Cc1nnc(-c2ccccc2)o1)N1CCCCC1. The molecule has 156 valence electrons. The summed E-state index contributed by atoms with van der Waals surface area (Å²) in [6.45, 7) is 2.54. The molecule has 3 heterocycles. The first-order valence-corrected chi connectivity index (χ1v) is 11.8. The molecule has 0 atom stereocenters. The molecule has 7 nitrogen and oxygen atoms in total. The molecule has 30 heavy (non-hydrogen) atoms. The van der Waals surface area contributed by atoms with Crippen LogP contribution in [-0.2, 0) is 23.0 Å². The van der Waals surface area contributed by atoms with Gasteiger partial charge in [-0.1, -0.05) is 24.6 Å². The highest BCUT2D eigenvalue weighted by Crippen LogP contribution is 2.33. The summed E-state index contributed by atoms with van der Waals surface area (Å²) in [5.74, 6) is 1.06. The van der Waals surface area contributed by atoms with Gasteiger partial charge in [0.1, 0.15) is 0 Å². The van der Waals surface area contributed by atoms with Gasteiger partial charge in [-0.2, -0.15) is 4.31 Å². The highest BCUT2D eigenvalue weighted by molar-refractivity contribution is 7.89. The minimum absolute atomic E-state index is 0.397. The van der Waals surface area contributed by atoms with Gasteiger partial charge in [0.15, 0.2) is 0 Å². The second-order valence-electron chi connectivity index (χ2n) is 7.79. The average Bonchev–Trinajstić information content (AvgIpc) is 3.42. The lowest BCUT2D eigenvalue weighted by Gasteiger charge is -2.26. The third-order valence-corrected chi connectivity index (χ3v) is 7.70. The largest absolute Gasteiger partial charge is 0.419 e. The summed E-state index contributed by atoms with van der Waals surface area (Å²) in [6.07, 6.45) is 3.78. The molecule has 0 spiro atoms. The van der Waals surface area contributed by atoms with E-state index in [0.717, 1.165) is 49.0 Å². The van der Waals surface area contributed by atoms with Crippen molar-refractivity contribution in [2.75, 3.05) is 24.5 Å². The van der Waals surface area contributed by atoms with Gasteiger partial charge in [-0.3, -0.25) is 0 Å². The van der Waals surface area contributed by atoms with E-state index < -0.39 is 10.0 Å². The number of rotatable bonds is 5. The maximum Gasteiger partial charge on any atom is 0.247 e. The van der Waals surface area contributed by atoms with Crippen LogP contribution >= 0.6 is 0 Å². The van der Waals surface area contributed by atoms with Gasteiger partial charge in [0, 0.05) is 30.9 Å². The van der Waals surface area contributed by atoms with Gasteiger partial charge in [-0.05, 0) is 55.2 Å². The molecule has 1 saturated heterocycles. The first kappa shape index (κ1) is 19.3. The molecular weight excluding hydrogens is 400 g/mol. The molecular formula is C22H24N4O3S. The number of sulfonamides is 1. The molecule has 0 aliphatic carbocycles. The number of hydrogen-bond acceptors (Lipinski definition) is 6. The van der Waals surface area contributed by atoms with Crippen molar-refractivity contribution < 1.29 is 12.8 Å². The summed E-state index contributed by atoms with van der Waals surface area (Å²) < 4.78 is 33.4. The molecule has 0 amide bonds. The summed E-state index contributed by atoms with van der Waals surface area (Å²) >= 11 is 0. The van der Waals surface area contributed by atoms with Crippen LogP contribution in [0.2, 0.25) is 0 Å². The number of nitrogens with zero attached hydrogens (tertiary/aromatic N) is 4. The topological polar surface area (TPSA) is 79.5 Å². The smallest absolute Gasteiger partial charge is 0.247 e. The van der Waals surface area contributed by atoms with Crippen molar-refractivity contribution in [3.63, 3.8) is 0 Å². The first-order valence-electron chi connectivity index (χ1n) is 10.4. The summed E-state index contributed by atoms with van der Waals surface area (Å²) in [6, 6.07) is 15.2. The molecule has 8 heteroatoms. The van der Waals surface area contributed by atoms with E-state index >= 15 is 0 Å². The lowest BCUT2D eigenvalue weighted by molar-refractivity contribution is 0.346. The normalized spacial score (nSPS) is 17.3. The van der Waals surface area contributed by atoms with E-state index in [1.54, 1.807) is 10.4 Å². The summed E-state index contributed by atoms with van der Waals surface area (Å²) in [5.41, 5.74) is 2.98. The van der Waals surface area contributed by atoms with E-state index in [1.165, 1.54) is 0 Å². The Labute approximate surface area is 176 Å². The van der Waals surface area contributed by atoms with E-state index in [4.69, 9.17) is 4.42 Å². The monoisotopic (exact) mass is 424 g/mol. The Bertz CT molecular complexity index is 1140. The zero-order valence-corrected chi connectivity index (χ0v) is 17.5. The number of fused-ring (bicyclic) bond motifs is 1. The number of hydrogen-bond donors (Lipinski definition) is 0. The van der Waals surface area contributed by atoms with Crippen molar-refractivity contribution in [3.8, 4) is 11.5 Å². The molecule has 2 aromatic carbocycles. The van der Waals surface area contributed by atoms with Gasteiger partial charge in [0.05, 0.1) is 11.4 Å². The standard InChI is InChI=1S/C22H24N4O3S/c27-30(28,26-12-5-2-6-13-26)19-9-10-20-18(15-19)11-14-25(20)16-21-23-24-22(29-21)17-7-3-1-4-8-17/h1,3-4,7-10,15H,2,5-6,11-14,16H2. The van der Waals surface area contributed by atoms with Crippen molar-refractivity contribution in [1.82, 2.24) is 14.5 Å². The Morgan fingerprint density at radius 2 is 1.73 bits per heavy atom. The number of aromatic nitrogens is 2. The Balaban J connectivity index is 1.34. The summed E-state index contributed by atoms with van der Waals surface area (Å²) in [5, 5.41) is 8.34. The molecule has 0 N–H and O–H groups in total. The minimum atomic E-state index is -3.41. The van der Waals surface area contributed by atoms with Crippen LogP contribution in [0.25, 0.3) is 11.5 Å². The van der Waals surface area contributed by atoms with Gasteiger partial charge >= 0.3 is 0 Å². The van der Waals surface area contributed by atoms with Crippen molar-refractivity contribution in [1.29, 1.82) is 0 Å².